The molecule has 6 nitrogen and oxygen atoms in total. The van der Waals surface area contributed by atoms with Crippen molar-refractivity contribution in [3.05, 3.63) is 23.8 Å². The lowest BCUT2D eigenvalue weighted by Gasteiger charge is -2.16. The Bertz CT molecular complexity index is 590. The Kier molecular flexibility index (Phi) is 7.67. The first-order valence-corrected chi connectivity index (χ1v) is 8.35. The number of carbonyl (C=O) groups is 1. The molecule has 1 aliphatic heterocycles. The van der Waals surface area contributed by atoms with Crippen LogP contribution in [-0.2, 0) is 20.4 Å². The summed E-state index contributed by atoms with van der Waals surface area (Å²) in [5.74, 6) is -0.304. The van der Waals surface area contributed by atoms with Crippen LogP contribution in [0.25, 0.3) is 0 Å². The summed E-state index contributed by atoms with van der Waals surface area (Å²) in [6.07, 6.45) is -2.52. The highest BCUT2D eigenvalue weighted by Gasteiger charge is 2.31. The van der Waals surface area contributed by atoms with E-state index in [9.17, 15) is 18.0 Å². The standard InChI is InChI=1S/C17H23F3N2O4/c1-24-7-8-26-15-5-4-12(17(18,19)20)9-14(15)22-16(23)11-21-10-13-3-2-6-25-13/h4-5,9,13,21H,2-3,6-8,10-11H2,1H3,(H,22,23). The van der Waals surface area contributed by atoms with Crippen molar-refractivity contribution in [3.63, 3.8) is 0 Å². The summed E-state index contributed by atoms with van der Waals surface area (Å²) < 4.78 is 54.4. The van der Waals surface area contributed by atoms with Gasteiger partial charge in [-0.2, -0.15) is 13.2 Å². The molecule has 1 unspecified atom stereocenters. The first-order chi connectivity index (χ1) is 12.4. The lowest BCUT2D eigenvalue weighted by atomic mass is 10.1. The Morgan fingerprint density at radius 2 is 2.15 bits per heavy atom. The number of anilines is 1. The molecule has 0 radical (unpaired) electrons. The largest absolute Gasteiger partial charge is 0.489 e. The van der Waals surface area contributed by atoms with Crippen molar-refractivity contribution in [2.75, 3.05) is 45.3 Å². The van der Waals surface area contributed by atoms with Gasteiger partial charge in [-0.15, -0.1) is 0 Å². The Morgan fingerprint density at radius 3 is 2.81 bits per heavy atom. The van der Waals surface area contributed by atoms with E-state index in [-0.39, 0.29) is 37.3 Å². The van der Waals surface area contributed by atoms with Crippen LogP contribution in [0.2, 0.25) is 0 Å². The fourth-order valence-corrected chi connectivity index (χ4v) is 2.51. The van der Waals surface area contributed by atoms with Gasteiger partial charge in [-0.25, -0.2) is 0 Å². The minimum absolute atomic E-state index is 0.0279. The van der Waals surface area contributed by atoms with Gasteiger partial charge in [-0.3, -0.25) is 4.79 Å². The number of nitrogens with one attached hydrogen (secondary N) is 2. The van der Waals surface area contributed by atoms with E-state index in [1.807, 2.05) is 0 Å². The lowest BCUT2D eigenvalue weighted by molar-refractivity contribution is -0.137. The first kappa shape index (κ1) is 20.5. The molecule has 0 aliphatic carbocycles. The Hall–Kier alpha value is -1.84. The molecule has 1 amide bonds. The number of rotatable bonds is 9. The number of ether oxygens (including phenoxy) is 3. The number of amides is 1. The van der Waals surface area contributed by atoms with Gasteiger partial charge in [0.25, 0.3) is 0 Å². The number of methoxy groups -OCH3 is 1. The Morgan fingerprint density at radius 1 is 1.35 bits per heavy atom. The molecule has 0 saturated carbocycles. The van der Waals surface area contributed by atoms with Crippen molar-refractivity contribution in [1.82, 2.24) is 5.32 Å². The number of alkyl halides is 3. The molecule has 1 fully saturated rings. The van der Waals surface area contributed by atoms with Crippen molar-refractivity contribution in [2.24, 2.45) is 0 Å². The average Bonchev–Trinajstić information content (AvgIpc) is 3.09. The van der Waals surface area contributed by atoms with Gasteiger partial charge in [-0.05, 0) is 31.0 Å². The van der Waals surface area contributed by atoms with Crippen LogP contribution in [0.15, 0.2) is 18.2 Å². The summed E-state index contributed by atoms with van der Waals surface area (Å²) >= 11 is 0. The molecule has 146 valence electrons. The van der Waals surface area contributed by atoms with Crippen molar-refractivity contribution in [3.8, 4) is 5.75 Å². The molecule has 1 aliphatic rings. The van der Waals surface area contributed by atoms with Crippen LogP contribution in [0, 0.1) is 0 Å². The molecule has 1 aromatic rings. The van der Waals surface area contributed by atoms with Gasteiger partial charge in [0.2, 0.25) is 5.91 Å². The third-order valence-electron chi connectivity index (χ3n) is 3.81. The highest BCUT2D eigenvalue weighted by Crippen LogP contribution is 2.35. The zero-order valence-electron chi connectivity index (χ0n) is 14.5. The summed E-state index contributed by atoms with van der Waals surface area (Å²) in [5, 5.41) is 5.41. The topological polar surface area (TPSA) is 68.8 Å². The predicted molar refractivity (Wildman–Crippen MR) is 89.3 cm³/mol. The fourth-order valence-electron chi connectivity index (χ4n) is 2.51. The van der Waals surface area contributed by atoms with Crippen LogP contribution in [0.3, 0.4) is 0 Å². The molecule has 1 heterocycles. The second-order valence-electron chi connectivity index (χ2n) is 5.86. The molecular weight excluding hydrogens is 353 g/mol. The van der Waals surface area contributed by atoms with Gasteiger partial charge in [0.1, 0.15) is 12.4 Å². The van der Waals surface area contributed by atoms with E-state index in [1.165, 1.54) is 13.2 Å². The summed E-state index contributed by atoms with van der Waals surface area (Å²) in [4.78, 5) is 12.1. The van der Waals surface area contributed by atoms with E-state index >= 15 is 0 Å². The van der Waals surface area contributed by atoms with E-state index in [2.05, 4.69) is 10.6 Å². The van der Waals surface area contributed by atoms with Crippen LogP contribution < -0.4 is 15.4 Å². The van der Waals surface area contributed by atoms with Gasteiger partial charge >= 0.3 is 6.18 Å². The molecular formula is C17H23F3N2O4. The Balaban J connectivity index is 1.97. The zero-order chi connectivity index (χ0) is 19.0. The SMILES string of the molecule is COCCOc1ccc(C(F)(F)F)cc1NC(=O)CNCC1CCCO1. The molecule has 0 aromatic heterocycles. The number of hydrogen-bond acceptors (Lipinski definition) is 5. The van der Waals surface area contributed by atoms with Crippen molar-refractivity contribution in [1.29, 1.82) is 0 Å². The molecule has 0 spiro atoms. The molecule has 9 heteroatoms. The number of carbonyl (C=O) groups excluding carboxylic acids is 1. The fraction of sp³-hybridized carbons (Fsp3) is 0.588. The number of hydrogen-bond donors (Lipinski definition) is 2. The third kappa shape index (κ3) is 6.47. The zero-order valence-corrected chi connectivity index (χ0v) is 14.5. The maximum atomic E-state index is 12.9. The molecule has 0 bridgehead atoms. The predicted octanol–water partition coefficient (Wildman–Crippen LogP) is 2.44. The summed E-state index contributed by atoms with van der Waals surface area (Å²) in [6.45, 7) is 1.63. The second kappa shape index (κ2) is 9.75. The normalized spacial score (nSPS) is 17.3. The molecule has 2 N–H and O–H groups in total. The molecule has 1 aromatic carbocycles. The van der Waals surface area contributed by atoms with Crippen LogP contribution >= 0.6 is 0 Å². The van der Waals surface area contributed by atoms with E-state index in [0.29, 0.717) is 13.2 Å². The minimum atomic E-state index is -4.51. The van der Waals surface area contributed by atoms with Crippen LogP contribution in [0.5, 0.6) is 5.75 Å². The molecule has 26 heavy (non-hydrogen) atoms. The highest BCUT2D eigenvalue weighted by atomic mass is 19.4. The van der Waals surface area contributed by atoms with E-state index in [4.69, 9.17) is 14.2 Å². The van der Waals surface area contributed by atoms with E-state index in [1.54, 1.807) is 0 Å². The highest BCUT2D eigenvalue weighted by molar-refractivity contribution is 5.93. The van der Waals surface area contributed by atoms with E-state index < -0.39 is 17.6 Å². The van der Waals surface area contributed by atoms with Gasteiger partial charge in [0.05, 0.1) is 30.5 Å². The molecule has 2 rings (SSSR count). The minimum Gasteiger partial charge on any atom is -0.489 e. The van der Waals surface area contributed by atoms with Crippen LogP contribution in [-0.4, -0.2) is 52.0 Å². The van der Waals surface area contributed by atoms with Crippen LogP contribution in [0.1, 0.15) is 18.4 Å². The van der Waals surface area contributed by atoms with Gasteiger partial charge in [0, 0.05) is 20.3 Å². The number of halogens is 3. The van der Waals surface area contributed by atoms with Crippen molar-refractivity contribution < 1.29 is 32.2 Å². The molecule has 1 saturated heterocycles. The summed E-state index contributed by atoms with van der Waals surface area (Å²) in [7, 11) is 1.48. The van der Waals surface area contributed by atoms with Crippen molar-refractivity contribution >= 4 is 11.6 Å². The van der Waals surface area contributed by atoms with Crippen LogP contribution in [0.4, 0.5) is 18.9 Å². The molecule has 1 atom stereocenters. The lowest BCUT2D eigenvalue weighted by Crippen LogP contribution is -2.33. The summed E-state index contributed by atoms with van der Waals surface area (Å²) in [5.41, 5.74) is -0.890. The van der Waals surface area contributed by atoms with E-state index in [0.717, 1.165) is 25.0 Å². The smallest absolute Gasteiger partial charge is 0.416 e. The summed E-state index contributed by atoms with van der Waals surface area (Å²) in [6, 6.07) is 2.96. The maximum Gasteiger partial charge on any atom is 0.416 e. The monoisotopic (exact) mass is 376 g/mol. The quantitative estimate of drug-likeness (QED) is 0.648. The number of benzene rings is 1. The third-order valence-corrected chi connectivity index (χ3v) is 3.81. The van der Waals surface area contributed by atoms with Gasteiger partial charge < -0.3 is 24.8 Å². The Labute approximate surface area is 150 Å². The van der Waals surface area contributed by atoms with Gasteiger partial charge in [0.15, 0.2) is 0 Å². The first-order valence-electron chi connectivity index (χ1n) is 8.35. The maximum absolute atomic E-state index is 12.9. The average molecular weight is 376 g/mol. The second-order valence-corrected chi connectivity index (χ2v) is 5.86. The van der Waals surface area contributed by atoms with Gasteiger partial charge in [-0.1, -0.05) is 0 Å². The van der Waals surface area contributed by atoms with Crippen molar-refractivity contribution in [2.45, 2.75) is 25.1 Å².